The molecule has 12 heteroatoms. The molecule has 0 radical (unpaired) electrons. The van der Waals surface area contributed by atoms with Crippen molar-refractivity contribution >= 4 is 22.7 Å². The highest BCUT2D eigenvalue weighted by Gasteiger charge is 2.42. The van der Waals surface area contributed by atoms with Gasteiger partial charge in [0, 0.05) is 35.1 Å². The third-order valence-corrected chi connectivity index (χ3v) is 6.63. The lowest BCUT2D eigenvalue weighted by Crippen LogP contribution is -2.62. The number of pyridine rings is 1. The van der Waals surface area contributed by atoms with Crippen LogP contribution in [0.3, 0.4) is 0 Å². The van der Waals surface area contributed by atoms with E-state index in [-0.39, 0.29) is 11.5 Å². The summed E-state index contributed by atoms with van der Waals surface area (Å²) in [6, 6.07) is 4.27. The second-order valence-electron chi connectivity index (χ2n) is 8.21. The molecule has 2 aromatic rings. The Bertz CT molecular complexity index is 923. The van der Waals surface area contributed by atoms with Crippen molar-refractivity contribution in [1.82, 2.24) is 10.3 Å². The number of thioether (sulfide) groups is 1. The van der Waals surface area contributed by atoms with E-state index in [9.17, 15) is 18.3 Å². The average Bonchev–Trinajstić information content (AvgIpc) is 2.79. The number of halogens is 3. The van der Waals surface area contributed by atoms with Crippen LogP contribution in [0.5, 0.6) is 0 Å². The van der Waals surface area contributed by atoms with Gasteiger partial charge in [-0.15, -0.1) is 0 Å². The van der Waals surface area contributed by atoms with Gasteiger partial charge < -0.3 is 37.1 Å². The van der Waals surface area contributed by atoms with Gasteiger partial charge in [-0.05, 0) is 44.1 Å². The number of aliphatic hydroxyl groups is 1. The number of nitrogens with one attached hydrogen (secondary N) is 1. The van der Waals surface area contributed by atoms with Crippen molar-refractivity contribution in [3.05, 3.63) is 36.0 Å². The van der Waals surface area contributed by atoms with E-state index in [0.717, 1.165) is 25.1 Å². The van der Waals surface area contributed by atoms with Gasteiger partial charge in [0.1, 0.15) is 18.3 Å². The molecule has 5 atom stereocenters. The molecule has 1 fully saturated rings. The third-order valence-electron chi connectivity index (χ3n) is 5.71. The number of fused-ring (bicyclic) bond motifs is 1. The number of benzene rings is 1. The van der Waals surface area contributed by atoms with Crippen LogP contribution in [0, 0.1) is 0 Å². The highest BCUT2D eigenvalue weighted by molar-refractivity contribution is 7.99. The molecule has 1 saturated carbocycles. The molecule has 1 heterocycles. The summed E-state index contributed by atoms with van der Waals surface area (Å²) < 4.78 is 50.7. The van der Waals surface area contributed by atoms with E-state index in [1.807, 2.05) is 0 Å². The molecule has 8 nitrogen and oxygen atoms in total. The van der Waals surface area contributed by atoms with Crippen LogP contribution in [-0.2, 0) is 15.7 Å². The summed E-state index contributed by atoms with van der Waals surface area (Å²) in [5.41, 5.74) is 17.3. The Balaban J connectivity index is 1.57. The Morgan fingerprint density at radius 2 is 1.85 bits per heavy atom. The van der Waals surface area contributed by atoms with Crippen LogP contribution in [0.2, 0.25) is 0 Å². The number of rotatable bonds is 11. The number of alkyl halides is 3. The van der Waals surface area contributed by atoms with Gasteiger partial charge in [-0.25, -0.2) is 0 Å². The number of ether oxygens (including phenoxy) is 2. The van der Waals surface area contributed by atoms with E-state index < -0.39 is 42.1 Å². The molecule has 3 rings (SSSR count). The molecule has 2 unspecified atom stereocenters. The van der Waals surface area contributed by atoms with E-state index in [0.29, 0.717) is 36.4 Å². The molecule has 190 valence electrons. The van der Waals surface area contributed by atoms with Crippen LogP contribution in [0.1, 0.15) is 18.4 Å². The molecule has 0 spiro atoms. The Morgan fingerprint density at radius 1 is 1.12 bits per heavy atom. The summed E-state index contributed by atoms with van der Waals surface area (Å²) in [6.45, 7) is 2.38. The quantitative estimate of drug-likeness (QED) is 0.175. The maximum atomic E-state index is 13.0. The Hall–Kier alpha value is -1.51. The topological polar surface area (TPSA) is 142 Å². The van der Waals surface area contributed by atoms with Crippen molar-refractivity contribution in [2.24, 2.45) is 17.2 Å². The minimum Gasteiger partial charge on any atom is -0.388 e. The van der Waals surface area contributed by atoms with Crippen LogP contribution < -0.4 is 22.5 Å². The summed E-state index contributed by atoms with van der Waals surface area (Å²) >= 11 is 1.29. The summed E-state index contributed by atoms with van der Waals surface area (Å²) in [6.07, 6.45) is -4.00. The normalized spacial score (nSPS) is 25.7. The maximum absolute atomic E-state index is 13.0. The van der Waals surface area contributed by atoms with Crippen LogP contribution in [0.15, 0.2) is 35.4 Å². The second kappa shape index (κ2) is 12.5. The molecule has 0 bridgehead atoms. The first-order valence-corrected chi connectivity index (χ1v) is 12.1. The van der Waals surface area contributed by atoms with Gasteiger partial charge in [-0.2, -0.15) is 13.2 Å². The molecule has 1 aliphatic rings. The SMILES string of the molecule is NCCCNCCO[C@H]1C(O)[C@@H](OCSc2ccnc3cc(C(F)(F)F)ccc23)C(N)C[C@H]1N. The van der Waals surface area contributed by atoms with E-state index in [1.165, 1.54) is 24.0 Å². The highest BCUT2D eigenvalue weighted by atomic mass is 32.2. The zero-order valence-corrected chi connectivity index (χ0v) is 19.5. The Labute approximate surface area is 200 Å². The van der Waals surface area contributed by atoms with Crippen LogP contribution in [0.4, 0.5) is 13.2 Å². The van der Waals surface area contributed by atoms with Crippen molar-refractivity contribution in [1.29, 1.82) is 0 Å². The van der Waals surface area contributed by atoms with Gasteiger partial charge in [0.25, 0.3) is 0 Å². The fourth-order valence-electron chi connectivity index (χ4n) is 3.94. The van der Waals surface area contributed by atoms with E-state index in [1.54, 1.807) is 6.07 Å². The van der Waals surface area contributed by atoms with Crippen molar-refractivity contribution in [3.63, 3.8) is 0 Å². The standard InChI is InChI=1S/C22H32F3N5O3S/c23-22(24,25)13-2-3-14-17(10-13)30-7-4-18(14)34-12-33-21-16(28)11-15(27)20(19(21)31)32-9-8-29-6-1-5-26/h2-4,7,10,15-16,19-21,29,31H,1,5-6,8-9,11-12,26-28H2/t15-,16?,19?,20-,21+/m1/s1. The van der Waals surface area contributed by atoms with Gasteiger partial charge in [0.15, 0.2) is 0 Å². The Morgan fingerprint density at radius 3 is 2.56 bits per heavy atom. The first-order valence-electron chi connectivity index (χ1n) is 11.1. The number of hydrogen-bond acceptors (Lipinski definition) is 9. The maximum Gasteiger partial charge on any atom is 0.416 e. The molecule has 1 aromatic heterocycles. The number of hydrogen-bond donors (Lipinski definition) is 5. The van der Waals surface area contributed by atoms with Crippen molar-refractivity contribution in [2.75, 3.05) is 32.2 Å². The minimum absolute atomic E-state index is 0.137. The molecule has 1 aliphatic carbocycles. The van der Waals surface area contributed by atoms with Gasteiger partial charge in [0.05, 0.1) is 23.6 Å². The van der Waals surface area contributed by atoms with Crippen molar-refractivity contribution in [2.45, 2.75) is 54.3 Å². The first kappa shape index (κ1) is 27.1. The molecule has 0 saturated heterocycles. The van der Waals surface area contributed by atoms with Gasteiger partial charge in [-0.1, -0.05) is 17.8 Å². The van der Waals surface area contributed by atoms with Gasteiger partial charge in [0.2, 0.25) is 0 Å². The zero-order chi connectivity index (χ0) is 24.7. The highest BCUT2D eigenvalue weighted by Crippen LogP contribution is 2.34. The van der Waals surface area contributed by atoms with E-state index in [2.05, 4.69) is 10.3 Å². The van der Waals surface area contributed by atoms with Gasteiger partial charge in [-0.3, -0.25) is 4.98 Å². The lowest BCUT2D eigenvalue weighted by molar-refractivity contribution is -0.139. The summed E-state index contributed by atoms with van der Waals surface area (Å²) in [5.74, 6) is 0.137. The number of nitrogens with two attached hydrogens (primary N) is 3. The molecule has 0 aliphatic heterocycles. The molecule has 0 amide bonds. The fourth-order valence-corrected chi connectivity index (χ4v) is 4.78. The average molecular weight is 504 g/mol. The smallest absolute Gasteiger partial charge is 0.388 e. The lowest BCUT2D eigenvalue weighted by Gasteiger charge is -2.41. The summed E-state index contributed by atoms with van der Waals surface area (Å²) in [7, 11) is 0. The molecular formula is C22H32F3N5O3S. The summed E-state index contributed by atoms with van der Waals surface area (Å²) in [4.78, 5) is 4.77. The monoisotopic (exact) mass is 503 g/mol. The van der Waals surface area contributed by atoms with Crippen molar-refractivity contribution < 1.29 is 27.8 Å². The second-order valence-corrected chi connectivity index (χ2v) is 9.18. The van der Waals surface area contributed by atoms with E-state index >= 15 is 0 Å². The first-order chi connectivity index (χ1) is 16.2. The Kier molecular flexibility index (Phi) is 9.92. The van der Waals surface area contributed by atoms with Crippen LogP contribution in [0.25, 0.3) is 10.9 Å². The predicted octanol–water partition coefficient (Wildman–Crippen LogP) is 1.43. The van der Waals surface area contributed by atoms with Crippen LogP contribution >= 0.6 is 11.8 Å². The van der Waals surface area contributed by atoms with Crippen LogP contribution in [-0.4, -0.2) is 72.7 Å². The molecule has 34 heavy (non-hydrogen) atoms. The third kappa shape index (κ3) is 7.01. The lowest BCUT2D eigenvalue weighted by atomic mass is 9.84. The largest absolute Gasteiger partial charge is 0.416 e. The molecule has 1 aromatic carbocycles. The van der Waals surface area contributed by atoms with Crippen molar-refractivity contribution in [3.8, 4) is 0 Å². The van der Waals surface area contributed by atoms with Gasteiger partial charge >= 0.3 is 6.18 Å². The van der Waals surface area contributed by atoms with E-state index in [4.69, 9.17) is 26.7 Å². The molecular weight excluding hydrogens is 471 g/mol. The molecule has 8 N–H and O–H groups in total. The zero-order valence-electron chi connectivity index (χ0n) is 18.7. The number of aromatic nitrogens is 1. The minimum atomic E-state index is -4.44. The number of nitrogens with zero attached hydrogens (tertiary/aromatic N) is 1. The number of aliphatic hydroxyl groups excluding tert-OH is 1. The fraction of sp³-hybridized carbons (Fsp3) is 0.591. The predicted molar refractivity (Wildman–Crippen MR) is 125 cm³/mol. The summed E-state index contributed by atoms with van der Waals surface area (Å²) in [5, 5.41) is 14.6.